The number of carbonyl (C=O) groups is 1. The number of hydrogen-bond donors (Lipinski definition) is 1. The average molecular weight is 353 g/mol. The minimum Gasteiger partial charge on any atom is -0.493 e. The van der Waals surface area contributed by atoms with Gasteiger partial charge in [-0.25, -0.2) is 4.98 Å². The van der Waals surface area contributed by atoms with E-state index in [2.05, 4.69) is 16.0 Å². The zero-order valence-electron chi connectivity index (χ0n) is 14.9. The number of aromatic nitrogens is 2. The number of para-hydroxylation sites is 4. The first kappa shape index (κ1) is 17.8. The molecule has 1 aromatic heterocycles. The molecule has 0 aliphatic carbocycles. The molecule has 1 heterocycles. The van der Waals surface area contributed by atoms with Crippen molar-refractivity contribution in [3.63, 3.8) is 0 Å². The molecule has 6 heteroatoms. The monoisotopic (exact) mass is 353 g/mol. The summed E-state index contributed by atoms with van der Waals surface area (Å²) in [5.41, 5.74) is 2.07. The molecule has 2 aromatic carbocycles. The van der Waals surface area contributed by atoms with Crippen molar-refractivity contribution in [1.29, 1.82) is 0 Å². The van der Waals surface area contributed by atoms with Crippen LogP contribution in [0.2, 0.25) is 0 Å². The number of benzene rings is 2. The Kier molecular flexibility index (Phi) is 6.09. The van der Waals surface area contributed by atoms with Crippen molar-refractivity contribution in [3.8, 4) is 11.5 Å². The second kappa shape index (κ2) is 8.89. The molecule has 0 saturated carbocycles. The topological polar surface area (TPSA) is 65.4 Å². The fourth-order valence-corrected chi connectivity index (χ4v) is 2.96. The van der Waals surface area contributed by atoms with Crippen LogP contribution in [0, 0.1) is 0 Å². The highest BCUT2D eigenvalue weighted by Crippen LogP contribution is 2.26. The number of ether oxygens (including phenoxy) is 2. The highest BCUT2D eigenvalue weighted by atomic mass is 16.5. The quantitative estimate of drug-likeness (QED) is 0.450. The lowest BCUT2D eigenvalue weighted by Gasteiger charge is -2.13. The van der Waals surface area contributed by atoms with Gasteiger partial charge in [-0.1, -0.05) is 24.3 Å². The fraction of sp³-hybridized carbons (Fsp3) is 0.300. The van der Waals surface area contributed by atoms with E-state index in [9.17, 15) is 4.79 Å². The fourth-order valence-electron chi connectivity index (χ4n) is 2.96. The van der Waals surface area contributed by atoms with Crippen LogP contribution in [0.1, 0.15) is 12.2 Å². The van der Waals surface area contributed by atoms with Crippen molar-refractivity contribution in [2.45, 2.75) is 19.4 Å². The maximum atomic E-state index is 10.4. The van der Waals surface area contributed by atoms with Crippen molar-refractivity contribution < 1.29 is 14.3 Å². The van der Waals surface area contributed by atoms with Crippen molar-refractivity contribution in [2.75, 3.05) is 20.3 Å². The molecular weight excluding hydrogens is 330 g/mol. The Morgan fingerprint density at radius 3 is 2.69 bits per heavy atom. The first-order valence-electron chi connectivity index (χ1n) is 8.70. The third kappa shape index (κ3) is 4.14. The van der Waals surface area contributed by atoms with Crippen LogP contribution >= 0.6 is 0 Å². The van der Waals surface area contributed by atoms with E-state index < -0.39 is 0 Å². The number of fused-ring (bicyclic) bond motifs is 1. The molecular formula is C20H23N3O3. The predicted octanol–water partition coefficient (Wildman–Crippen LogP) is 2.80. The van der Waals surface area contributed by atoms with Crippen molar-refractivity contribution >= 4 is 17.4 Å². The lowest BCUT2D eigenvalue weighted by atomic mass is 10.3. The third-order valence-electron chi connectivity index (χ3n) is 4.18. The van der Waals surface area contributed by atoms with Gasteiger partial charge < -0.3 is 19.4 Å². The first-order valence-corrected chi connectivity index (χ1v) is 8.70. The van der Waals surface area contributed by atoms with Crippen LogP contribution in [-0.2, 0) is 17.8 Å². The smallest absolute Gasteiger partial charge is 0.207 e. The van der Waals surface area contributed by atoms with Gasteiger partial charge in [-0.05, 0) is 30.7 Å². The number of amides is 1. The second-order valence-corrected chi connectivity index (χ2v) is 5.84. The van der Waals surface area contributed by atoms with Crippen LogP contribution < -0.4 is 14.8 Å². The number of rotatable bonds is 10. The van der Waals surface area contributed by atoms with Crippen LogP contribution in [0.5, 0.6) is 11.5 Å². The Bertz CT molecular complexity index is 860. The first-order chi connectivity index (χ1) is 12.8. The number of methoxy groups -OCH3 is 1. The summed E-state index contributed by atoms with van der Waals surface area (Å²) in [7, 11) is 1.64. The number of imidazole rings is 1. The van der Waals surface area contributed by atoms with Crippen LogP contribution in [-0.4, -0.2) is 36.2 Å². The van der Waals surface area contributed by atoms with E-state index >= 15 is 0 Å². The Morgan fingerprint density at radius 2 is 1.88 bits per heavy atom. The van der Waals surface area contributed by atoms with E-state index in [1.807, 2.05) is 42.5 Å². The molecule has 1 amide bonds. The van der Waals surface area contributed by atoms with Gasteiger partial charge in [0.25, 0.3) is 0 Å². The Labute approximate surface area is 152 Å². The minimum atomic E-state index is 0.514. The molecule has 0 radical (unpaired) electrons. The molecule has 0 aliphatic heterocycles. The molecule has 0 atom stereocenters. The van der Waals surface area contributed by atoms with E-state index in [1.165, 1.54) is 0 Å². The van der Waals surface area contributed by atoms with Gasteiger partial charge in [0.1, 0.15) is 12.4 Å². The summed E-state index contributed by atoms with van der Waals surface area (Å²) in [5, 5.41) is 2.69. The van der Waals surface area contributed by atoms with Gasteiger partial charge in [0.15, 0.2) is 11.5 Å². The maximum absolute atomic E-state index is 10.4. The van der Waals surface area contributed by atoms with Crippen molar-refractivity contribution in [1.82, 2.24) is 14.9 Å². The molecule has 0 spiro atoms. The van der Waals surface area contributed by atoms with Gasteiger partial charge >= 0.3 is 0 Å². The van der Waals surface area contributed by atoms with Gasteiger partial charge in [-0.3, -0.25) is 4.79 Å². The number of nitrogens with zero attached hydrogens (tertiary/aromatic N) is 2. The molecule has 0 saturated heterocycles. The highest BCUT2D eigenvalue weighted by molar-refractivity contribution is 5.75. The van der Waals surface area contributed by atoms with Crippen LogP contribution in [0.4, 0.5) is 0 Å². The lowest BCUT2D eigenvalue weighted by Crippen LogP contribution is -2.15. The lowest BCUT2D eigenvalue weighted by molar-refractivity contribution is -0.109. The molecule has 3 aromatic rings. The number of hydrogen-bond acceptors (Lipinski definition) is 4. The molecule has 136 valence electrons. The van der Waals surface area contributed by atoms with E-state index in [0.717, 1.165) is 47.6 Å². The molecule has 6 nitrogen and oxygen atoms in total. The number of carbonyl (C=O) groups excluding carboxylic acids is 1. The molecule has 0 unspecified atom stereocenters. The van der Waals surface area contributed by atoms with Crippen molar-refractivity contribution in [3.05, 3.63) is 54.4 Å². The highest BCUT2D eigenvalue weighted by Gasteiger charge is 2.11. The third-order valence-corrected chi connectivity index (χ3v) is 4.18. The minimum absolute atomic E-state index is 0.514. The molecule has 3 rings (SSSR count). The SMILES string of the molecule is COc1ccccc1OCCn1c(CCCNC=O)nc2ccccc21. The van der Waals surface area contributed by atoms with E-state index in [1.54, 1.807) is 7.11 Å². The van der Waals surface area contributed by atoms with E-state index in [-0.39, 0.29) is 0 Å². The molecule has 0 aliphatic rings. The van der Waals surface area contributed by atoms with Gasteiger partial charge in [-0.15, -0.1) is 0 Å². The summed E-state index contributed by atoms with van der Waals surface area (Å²) in [6.07, 6.45) is 2.36. The molecule has 0 fully saturated rings. The summed E-state index contributed by atoms with van der Waals surface area (Å²) in [6, 6.07) is 15.7. The zero-order valence-corrected chi connectivity index (χ0v) is 14.9. The number of nitrogens with one attached hydrogen (secondary N) is 1. The Balaban J connectivity index is 1.72. The molecule has 26 heavy (non-hydrogen) atoms. The van der Waals surface area contributed by atoms with Gasteiger partial charge in [0, 0.05) is 13.0 Å². The summed E-state index contributed by atoms with van der Waals surface area (Å²) in [4.78, 5) is 15.1. The van der Waals surface area contributed by atoms with E-state index in [0.29, 0.717) is 19.7 Å². The summed E-state index contributed by atoms with van der Waals surface area (Å²) < 4.78 is 13.4. The average Bonchev–Trinajstić information content (AvgIpc) is 3.03. The Hall–Kier alpha value is -3.02. The van der Waals surface area contributed by atoms with Crippen molar-refractivity contribution in [2.24, 2.45) is 0 Å². The van der Waals surface area contributed by atoms with Crippen LogP contribution in [0.15, 0.2) is 48.5 Å². The van der Waals surface area contributed by atoms with Crippen LogP contribution in [0.3, 0.4) is 0 Å². The second-order valence-electron chi connectivity index (χ2n) is 5.84. The molecule has 0 bridgehead atoms. The summed E-state index contributed by atoms with van der Waals surface area (Å²) >= 11 is 0. The standard InChI is InChI=1S/C20H23N3O3/c1-25-18-9-4-5-10-19(18)26-14-13-23-17-8-3-2-7-16(17)22-20(23)11-6-12-21-15-24/h2-5,7-10,15H,6,11-14H2,1H3,(H,21,24). The molecule has 1 N–H and O–H groups in total. The Morgan fingerprint density at radius 1 is 1.12 bits per heavy atom. The normalized spacial score (nSPS) is 10.7. The maximum Gasteiger partial charge on any atom is 0.207 e. The summed E-state index contributed by atoms with van der Waals surface area (Å²) in [5.74, 6) is 2.46. The van der Waals surface area contributed by atoms with Gasteiger partial charge in [0.2, 0.25) is 6.41 Å². The van der Waals surface area contributed by atoms with Gasteiger partial charge in [0.05, 0.1) is 24.7 Å². The summed E-state index contributed by atoms with van der Waals surface area (Å²) in [6.45, 7) is 1.85. The van der Waals surface area contributed by atoms with E-state index in [4.69, 9.17) is 14.5 Å². The van der Waals surface area contributed by atoms with Crippen LogP contribution in [0.25, 0.3) is 11.0 Å². The number of aryl methyl sites for hydroxylation is 1. The van der Waals surface area contributed by atoms with Gasteiger partial charge in [-0.2, -0.15) is 0 Å². The largest absolute Gasteiger partial charge is 0.493 e. The zero-order chi connectivity index (χ0) is 18.2. The predicted molar refractivity (Wildman–Crippen MR) is 101 cm³/mol.